The van der Waals surface area contributed by atoms with Crippen LogP contribution in [0.2, 0.25) is 0 Å². The smallest absolute Gasteiger partial charge is 0.337 e. The quantitative estimate of drug-likeness (QED) is 0.640. The van der Waals surface area contributed by atoms with Crippen molar-refractivity contribution < 1.29 is 19.7 Å². The Morgan fingerprint density at radius 2 is 2.00 bits per heavy atom. The molecule has 0 aliphatic heterocycles. The fourth-order valence-corrected chi connectivity index (χ4v) is 1.84. The number of hydrogen-bond acceptors (Lipinski definition) is 4. The van der Waals surface area contributed by atoms with Crippen molar-refractivity contribution in [2.45, 2.75) is 12.2 Å². The molecule has 0 aliphatic rings. The Hall–Kier alpha value is -0.660. The summed E-state index contributed by atoms with van der Waals surface area (Å²) in [5.41, 5.74) is 0.510. The maximum absolute atomic E-state index is 11.0. The Morgan fingerprint density at radius 3 is 2.53 bits per heavy atom. The summed E-state index contributed by atoms with van der Waals surface area (Å²) in [6.07, 6.45) is -2.81. The van der Waals surface area contributed by atoms with Crippen molar-refractivity contribution in [1.82, 2.24) is 0 Å². The second-order valence-electron chi connectivity index (χ2n) is 2.93. The average molecular weight is 322 g/mol. The van der Waals surface area contributed by atoms with E-state index in [9.17, 15) is 15.0 Å². The summed E-state index contributed by atoms with van der Waals surface area (Å²) >= 11 is 2.02. The van der Waals surface area contributed by atoms with Crippen LogP contribution >= 0.6 is 22.6 Å². The molecule has 0 saturated carbocycles. The van der Waals surface area contributed by atoms with E-state index >= 15 is 0 Å². The number of rotatable bonds is 3. The Balaban J connectivity index is 2.89. The third-order valence-electron chi connectivity index (χ3n) is 1.97. The van der Waals surface area contributed by atoms with Crippen LogP contribution in [-0.4, -0.2) is 29.4 Å². The molecule has 0 spiro atoms. The number of aliphatic hydroxyl groups is 2. The van der Waals surface area contributed by atoms with Crippen LogP contribution in [0.5, 0.6) is 0 Å². The monoisotopic (exact) mass is 322 g/mol. The van der Waals surface area contributed by atoms with E-state index in [1.54, 1.807) is 18.2 Å². The number of esters is 1. The minimum atomic E-state index is -1.55. The predicted octanol–water partition coefficient (Wildman–Crippen LogP) is 0.859. The molecule has 0 radical (unpaired) electrons. The maximum Gasteiger partial charge on any atom is 0.337 e. The molecule has 0 bridgehead atoms. The van der Waals surface area contributed by atoms with E-state index in [-0.39, 0.29) is 0 Å². The Morgan fingerprint density at radius 1 is 1.40 bits per heavy atom. The number of hydrogen-bond donors (Lipinski definition) is 2. The van der Waals surface area contributed by atoms with Crippen LogP contribution in [-0.2, 0) is 9.53 Å². The largest absolute Gasteiger partial charge is 0.467 e. The Bertz CT molecular complexity index is 353. The zero-order chi connectivity index (χ0) is 11.4. The van der Waals surface area contributed by atoms with Gasteiger partial charge in [-0.1, -0.05) is 18.2 Å². The maximum atomic E-state index is 11.0. The van der Waals surface area contributed by atoms with Crippen LogP contribution in [0.15, 0.2) is 24.3 Å². The molecule has 0 saturated heterocycles. The highest BCUT2D eigenvalue weighted by molar-refractivity contribution is 14.1. The number of benzene rings is 1. The number of ether oxygens (including phenoxy) is 1. The van der Waals surface area contributed by atoms with E-state index in [1.165, 1.54) is 0 Å². The summed E-state index contributed by atoms with van der Waals surface area (Å²) in [6.45, 7) is 0. The lowest BCUT2D eigenvalue weighted by Gasteiger charge is -2.16. The van der Waals surface area contributed by atoms with Crippen LogP contribution in [0.25, 0.3) is 0 Å². The van der Waals surface area contributed by atoms with Crippen molar-refractivity contribution in [2.75, 3.05) is 7.11 Å². The molecule has 1 aromatic carbocycles. The SMILES string of the molecule is COC(=O)C(O)C(O)c1ccccc1I. The van der Waals surface area contributed by atoms with E-state index in [1.807, 2.05) is 28.7 Å². The van der Waals surface area contributed by atoms with Gasteiger partial charge >= 0.3 is 5.97 Å². The molecule has 0 heterocycles. The molecule has 82 valence electrons. The number of methoxy groups -OCH3 is 1. The zero-order valence-electron chi connectivity index (χ0n) is 8.05. The van der Waals surface area contributed by atoms with Crippen LogP contribution in [0.4, 0.5) is 0 Å². The van der Waals surface area contributed by atoms with Crippen molar-refractivity contribution in [3.63, 3.8) is 0 Å². The average Bonchev–Trinajstić information content (AvgIpc) is 2.26. The van der Waals surface area contributed by atoms with Crippen LogP contribution in [0.1, 0.15) is 11.7 Å². The summed E-state index contributed by atoms with van der Waals surface area (Å²) in [5.74, 6) is -0.845. The molecule has 15 heavy (non-hydrogen) atoms. The van der Waals surface area contributed by atoms with E-state index in [0.29, 0.717) is 5.56 Å². The summed E-state index contributed by atoms with van der Waals surface area (Å²) < 4.78 is 5.13. The molecular weight excluding hydrogens is 311 g/mol. The van der Waals surface area contributed by atoms with Gasteiger partial charge in [0.2, 0.25) is 0 Å². The standard InChI is InChI=1S/C10H11IO4/c1-15-10(14)9(13)8(12)6-4-2-3-5-7(6)11/h2-5,8-9,12-13H,1H3. The van der Waals surface area contributed by atoms with Crippen molar-refractivity contribution in [1.29, 1.82) is 0 Å². The van der Waals surface area contributed by atoms with Gasteiger partial charge in [-0.15, -0.1) is 0 Å². The van der Waals surface area contributed by atoms with Crippen LogP contribution in [0.3, 0.4) is 0 Å². The van der Waals surface area contributed by atoms with E-state index in [2.05, 4.69) is 4.74 Å². The summed E-state index contributed by atoms with van der Waals surface area (Å²) in [4.78, 5) is 11.0. The Kier molecular flexibility index (Phi) is 4.49. The molecule has 2 N–H and O–H groups in total. The number of carbonyl (C=O) groups is 1. The van der Waals surface area contributed by atoms with E-state index < -0.39 is 18.2 Å². The lowest BCUT2D eigenvalue weighted by molar-refractivity contribution is -0.156. The molecular formula is C10H11IO4. The van der Waals surface area contributed by atoms with Gasteiger partial charge in [-0.2, -0.15) is 0 Å². The third kappa shape index (κ3) is 2.90. The molecule has 1 rings (SSSR count). The molecule has 4 nitrogen and oxygen atoms in total. The molecule has 0 aliphatic carbocycles. The fraction of sp³-hybridized carbons (Fsp3) is 0.300. The lowest BCUT2D eigenvalue weighted by Crippen LogP contribution is -2.29. The first kappa shape index (κ1) is 12.4. The fourth-order valence-electron chi connectivity index (χ4n) is 1.13. The minimum Gasteiger partial charge on any atom is -0.467 e. The molecule has 0 fully saturated rings. The molecule has 0 aromatic heterocycles. The lowest BCUT2D eigenvalue weighted by atomic mass is 10.0. The second kappa shape index (κ2) is 5.43. The first-order chi connectivity index (χ1) is 7.07. The third-order valence-corrected chi connectivity index (χ3v) is 2.95. The summed E-state index contributed by atoms with van der Waals surface area (Å²) in [7, 11) is 1.16. The predicted molar refractivity (Wildman–Crippen MR) is 62.1 cm³/mol. The van der Waals surface area contributed by atoms with Gasteiger partial charge in [-0.05, 0) is 34.2 Å². The normalized spacial score (nSPS) is 14.4. The topological polar surface area (TPSA) is 66.8 Å². The van der Waals surface area contributed by atoms with Gasteiger partial charge in [-0.3, -0.25) is 0 Å². The van der Waals surface area contributed by atoms with Gasteiger partial charge in [-0.25, -0.2) is 4.79 Å². The highest BCUT2D eigenvalue weighted by Crippen LogP contribution is 2.22. The molecule has 5 heteroatoms. The van der Waals surface area contributed by atoms with Crippen molar-refractivity contribution in [2.24, 2.45) is 0 Å². The van der Waals surface area contributed by atoms with E-state index in [4.69, 9.17) is 0 Å². The van der Waals surface area contributed by atoms with Gasteiger partial charge in [0.25, 0.3) is 0 Å². The molecule has 2 unspecified atom stereocenters. The van der Waals surface area contributed by atoms with Crippen molar-refractivity contribution >= 4 is 28.6 Å². The zero-order valence-corrected chi connectivity index (χ0v) is 10.2. The minimum absolute atomic E-state index is 0.510. The van der Waals surface area contributed by atoms with Gasteiger partial charge < -0.3 is 14.9 Å². The molecule has 1 aromatic rings. The molecule has 0 amide bonds. The Labute approximate surface area is 101 Å². The number of aliphatic hydroxyl groups excluding tert-OH is 2. The van der Waals surface area contributed by atoms with Crippen molar-refractivity contribution in [3.05, 3.63) is 33.4 Å². The van der Waals surface area contributed by atoms with Gasteiger partial charge in [0.1, 0.15) is 6.10 Å². The summed E-state index contributed by atoms with van der Waals surface area (Å²) in [6, 6.07) is 6.97. The summed E-state index contributed by atoms with van der Waals surface area (Å²) in [5, 5.41) is 19.2. The highest BCUT2D eigenvalue weighted by Gasteiger charge is 2.27. The highest BCUT2D eigenvalue weighted by atomic mass is 127. The molecule has 2 atom stereocenters. The van der Waals surface area contributed by atoms with Gasteiger partial charge in [0, 0.05) is 3.57 Å². The van der Waals surface area contributed by atoms with Gasteiger partial charge in [0.15, 0.2) is 6.10 Å². The van der Waals surface area contributed by atoms with Gasteiger partial charge in [0.05, 0.1) is 7.11 Å². The van der Waals surface area contributed by atoms with Crippen LogP contribution in [0, 0.1) is 3.57 Å². The van der Waals surface area contributed by atoms with E-state index in [0.717, 1.165) is 10.7 Å². The first-order valence-corrected chi connectivity index (χ1v) is 5.34. The number of halogens is 1. The number of carbonyl (C=O) groups excluding carboxylic acids is 1. The second-order valence-corrected chi connectivity index (χ2v) is 4.10. The van der Waals surface area contributed by atoms with Crippen LogP contribution < -0.4 is 0 Å². The first-order valence-electron chi connectivity index (χ1n) is 4.26. The van der Waals surface area contributed by atoms with Crippen molar-refractivity contribution in [3.8, 4) is 0 Å².